The molecule has 0 saturated heterocycles. The van der Waals surface area contributed by atoms with Gasteiger partial charge in [0, 0.05) is 0 Å². The maximum atomic E-state index is 12.8. The topological polar surface area (TPSA) is 12.0 Å². The highest BCUT2D eigenvalue weighted by molar-refractivity contribution is 5.26. The molecule has 1 rings (SSSR count). The lowest BCUT2D eigenvalue weighted by atomic mass is 9.94. The molecule has 1 atom stereocenters. The Morgan fingerprint density at radius 2 is 2.00 bits per heavy atom. The molecule has 0 spiro atoms. The van der Waals surface area contributed by atoms with Crippen molar-refractivity contribution in [3.8, 4) is 0 Å². The van der Waals surface area contributed by atoms with E-state index in [1.54, 1.807) is 38.2 Å². The fourth-order valence-corrected chi connectivity index (χ4v) is 1.69. The molecule has 0 aliphatic rings. The summed E-state index contributed by atoms with van der Waals surface area (Å²) in [6, 6.07) is 6.62. The van der Waals surface area contributed by atoms with E-state index in [0.717, 1.165) is 5.56 Å². The largest absolute Gasteiger partial charge is 0.395 e. The third-order valence-corrected chi connectivity index (χ3v) is 2.52. The molecule has 0 fully saturated rings. The Labute approximate surface area is 93.7 Å². The molecule has 1 unspecified atom stereocenters. The smallest absolute Gasteiger partial charge is 0.320 e. The summed E-state index contributed by atoms with van der Waals surface area (Å²) in [4.78, 5) is 0. The van der Waals surface area contributed by atoms with Gasteiger partial charge in [-0.25, -0.2) is 0 Å². The van der Waals surface area contributed by atoms with Crippen LogP contribution in [-0.2, 0) is 0 Å². The van der Waals surface area contributed by atoms with Gasteiger partial charge in [-0.15, -0.1) is 0 Å². The second kappa shape index (κ2) is 5.34. The number of halogens is 3. The highest BCUT2D eigenvalue weighted by Gasteiger charge is 2.39. The standard InChI is InChI=1S/C12H16F3N/c1-9-4-3-5-10(8-9)11(6-7-16-2)12(13,14)15/h3-5,8,11,16H,6-7H2,1-2H3. The lowest BCUT2D eigenvalue weighted by molar-refractivity contribution is -0.151. The van der Waals surface area contributed by atoms with Crippen molar-refractivity contribution < 1.29 is 13.2 Å². The molecular weight excluding hydrogens is 215 g/mol. The molecule has 1 nitrogen and oxygen atoms in total. The molecule has 0 saturated carbocycles. The fourth-order valence-electron chi connectivity index (χ4n) is 1.69. The Kier molecular flexibility index (Phi) is 4.35. The Balaban J connectivity index is 2.92. The molecule has 0 amide bonds. The predicted molar refractivity (Wildman–Crippen MR) is 58.5 cm³/mol. The summed E-state index contributed by atoms with van der Waals surface area (Å²) in [6.45, 7) is 2.16. The second-order valence-corrected chi connectivity index (χ2v) is 3.90. The van der Waals surface area contributed by atoms with E-state index < -0.39 is 12.1 Å². The zero-order valence-corrected chi connectivity index (χ0v) is 9.43. The van der Waals surface area contributed by atoms with Crippen molar-refractivity contribution >= 4 is 0 Å². The SMILES string of the molecule is CNCCC(c1cccc(C)c1)C(F)(F)F. The minimum atomic E-state index is -4.18. The van der Waals surface area contributed by atoms with Gasteiger partial charge < -0.3 is 5.32 Å². The average Bonchev–Trinajstić information content (AvgIpc) is 2.16. The number of alkyl halides is 3. The molecule has 0 radical (unpaired) electrons. The molecule has 0 bridgehead atoms. The summed E-state index contributed by atoms with van der Waals surface area (Å²) in [5.74, 6) is -1.38. The number of aryl methyl sites for hydroxylation is 1. The number of hydrogen-bond donors (Lipinski definition) is 1. The van der Waals surface area contributed by atoms with Gasteiger partial charge in [0.2, 0.25) is 0 Å². The van der Waals surface area contributed by atoms with E-state index in [-0.39, 0.29) is 6.42 Å². The van der Waals surface area contributed by atoms with Crippen LogP contribution in [0.3, 0.4) is 0 Å². The minimum Gasteiger partial charge on any atom is -0.320 e. The van der Waals surface area contributed by atoms with Crippen LogP contribution in [0.5, 0.6) is 0 Å². The maximum absolute atomic E-state index is 12.8. The minimum absolute atomic E-state index is 0.0729. The van der Waals surface area contributed by atoms with E-state index in [2.05, 4.69) is 5.32 Å². The van der Waals surface area contributed by atoms with Crippen LogP contribution in [0.1, 0.15) is 23.5 Å². The lowest BCUT2D eigenvalue weighted by Crippen LogP contribution is -2.24. The summed E-state index contributed by atoms with van der Waals surface area (Å²) in [6.07, 6.45) is -4.10. The highest BCUT2D eigenvalue weighted by Crippen LogP contribution is 2.37. The summed E-state index contributed by atoms with van der Waals surface area (Å²) in [5.41, 5.74) is 1.21. The molecule has 0 heterocycles. The van der Waals surface area contributed by atoms with Crippen molar-refractivity contribution in [3.05, 3.63) is 35.4 Å². The van der Waals surface area contributed by atoms with Gasteiger partial charge in [0.05, 0.1) is 5.92 Å². The lowest BCUT2D eigenvalue weighted by Gasteiger charge is -2.20. The van der Waals surface area contributed by atoms with Crippen LogP contribution < -0.4 is 5.32 Å². The van der Waals surface area contributed by atoms with Crippen molar-refractivity contribution in [1.29, 1.82) is 0 Å². The van der Waals surface area contributed by atoms with Crippen LogP contribution in [0.15, 0.2) is 24.3 Å². The number of hydrogen-bond acceptors (Lipinski definition) is 1. The molecule has 16 heavy (non-hydrogen) atoms. The Bertz CT molecular complexity index is 333. The average molecular weight is 231 g/mol. The second-order valence-electron chi connectivity index (χ2n) is 3.90. The van der Waals surface area contributed by atoms with Crippen LogP contribution in [-0.4, -0.2) is 19.8 Å². The molecule has 4 heteroatoms. The Morgan fingerprint density at radius 1 is 1.31 bits per heavy atom. The molecule has 1 N–H and O–H groups in total. The molecule has 1 aromatic carbocycles. The van der Waals surface area contributed by atoms with Gasteiger partial charge >= 0.3 is 6.18 Å². The summed E-state index contributed by atoms with van der Waals surface area (Å²) < 4.78 is 38.5. The summed E-state index contributed by atoms with van der Waals surface area (Å²) in [7, 11) is 1.66. The molecule has 0 aliphatic carbocycles. The van der Waals surface area contributed by atoms with Crippen LogP contribution in [0.4, 0.5) is 13.2 Å². The Hall–Kier alpha value is -1.03. The first kappa shape index (κ1) is 13.0. The Morgan fingerprint density at radius 3 is 2.50 bits per heavy atom. The summed E-state index contributed by atoms with van der Waals surface area (Å²) in [5, 5.41) is 2.75. The van der Waals surface area contributed by atoms with Crippen molar-refractivity contribution in [1.82, 2.24) is 5.32 Å². The molecule has 1 aromatic rings. The van der Waals surface area contributed by atoms with Gasteiger partial charge in [-0.05, 0) is 32.5 Å². The number of benzene rings is 1. The molecular formula is C12H16F3N. The quantitative estimate of drug-likeness (QED) is 0.838. The van der Waals surface area contributed by atoms with Crippen LogP contribution >= 0.6 is 0 Å². The van der Waals surface area contributed by atoms with Crippen molar-refractivity contribution in [2.45, 2.75) is 25.4 Å². The third kappa shape index (κ3) is 3.52. The van der Waals surface area contributed by atoms with Gasteiger partial charge in [-0.1, -0.05) is 29.8 Å². The highest BCUT2D eigenvalue weighted by atomic mass is 19.4. The van der Waals surface area contributed by atoms with Crippen LogP contribution in [0, 0.1) is 6.92 Å². The zero-order chi connectivity index (χ0) is 12.2. The third-order valence-electron chi connectivity index (χ3n) is 2.52. The van der Waals surface area contributed by atoms with E-state index >= 15 is 0 Å². The van der Waals surface area contributed by atoms with E-state index in [1.165, 1.54) is 0 Å². The monoisotopic (exact) mass is 231 g/mol. The van der Waals surface area contributed by atoms with E-state index in [4.69, 9.17) is 0 Å². The van der Waals surface area contributed by atoms with Gasteiger partial charge in [-0.2, -0.15) is 13.2 Å². The first-order chi connectivity index (χ1) is 7.45. The predicted octanol–water partition coefficient (Wildman–Crippen LogP) is 3.25. The molecule has 0 aromatic heterocycles. The normalized spacial score (nSPS) is 13.8. The number of nitrogens with one attached hydrogen (secondary N) is 1. The molecule has 0 aliphatic heterocycles. The fraction of sp³-hybridized carbons (Fsp3) is 0.500. The zero-order valence-electron chi connectivity index (χ0n) is 9.43. The van der Waals surface area contributed by atoms with Crippen LogP contribution in [0.25, 0.3) is 0 Å². The van der Waals surface area contributed by atoms with Crippen molar-refractivity contribution in [2.24, 2.45) is 0 Å². The van der Waals surface area contributed by atoms with Gasteiger partial charge in [0.25, 0.3) is 0 Å². The van der Waals surface area contributed by atoms with Gasteiger partial charge in [-0.3, -0.25) is 0 Å². The van der Waals surface area contributed by atoms with E-state index in [9.17, 15) is 13.2 Å². The van der Waals surface area contributed by atoms with Gasteiger partial charge in [0.15, 0.2) is 0 Å². The van der Waals surface area contributed by atoms with Crippen molar-refractivity contribution in [2.75, 3.05) is 13.6 Å². The van der Waals surface area contributed by atoms with Gasteiger partial charge in [0.1, 0.15) is 0 Å². The van der Waals surface area contributed by atoms with E-state index in [1.807, 2.05) is 0 Å². The van der Waals surface area contributed by atoms with Crippen molar-refractivity contribution in [3.63, 3.8) is 0 Å². The maximum Gasteiger partial charge on any atom is 0.395 e. The molecule has 90 valence electrons. The first-order valence-corrected chi connectivity index (χ1v) is 5.23. The van der Waals surface area contributed by atoms with Crippen LogP contribution in [0.2, 0.25) is 0 Å². The first-order valence-electron chi connectivity index (χ1n) is 5.23. The number of rotatable bonds is 4. The van der Waals surface area contributed by atoms with E-state index in [0.29, 0.717) is 12.1 Å². The summed E-state index contributed by atoms with van der Waals surface area (Å²) >= 11 is 0.